The van der Waals surface area contributed by atoms with Gasteiger partial charge in [-0.1, -0.05) is 32.6 Å². The summed E-state index contributed by atoms with van der Waals surface area (Å²) in [5, 5.41) is 0. The van der Waals surface area contributed by atoms with Crippen molar-refractivity contribution in [2.45, 2.75) is 45.4 Å². The largest absolute Gasteiger partial charge is 0.507 e. The second kappa shape index (κ2) is 9.15. The molecule has 0 fully saturated rings. The summed E-state index contributed by atoms with van der Waals surface area (Å²) in [6, 6.07) is 0. The highest BCUT2D eigenvalue weighted by Gasteiger charge is 2.12. The Balaban J connectivity index is 2.95. The van der Waals surface area contributed by atoms with Crippen molar-refractivity contribution in [1.29, 1.82) is 0 Å². The first-order valence-corrected chi connectivity index (χ1v) is 6.16. The first-order valence-electron chi connectivity index (χ1n) is 4.80. The average Bonchev–Trinajstić information content (AvgIpc) is 2.10. The molecule has 1 atom stereocenters. The molecule has 0 aliphatic heterocycles. The fraction of sp³-hybridized carbons (Fsp3) is 1.00. The molecule has 0 aliphatic rings. The molecule has 12 heavy (non-hydrogen) atoms. The first-order chi connectivity index (χ1) is 5.81. The summed E-state index contributed by atoms with van der Waals surface area (Å²) in [5.74, 6) is 0. The van der Waals surface area contributed by atoms with Gasteiger partial charge in [0.25, 0.3) is 0 Å². The van der Waals surface area contributed by atoms with Gasteiger partial charge in [0, 0.05) is 0 Å². The van der Waals surface area contributed by atoms with E-state index in [4.69, 9.17) is 0 Å². The average molecular weight is 191 g/mol. The Kier molecular flexibility index (Phi) is 9.20. The lowest BCUT2D eigenvalue weighted by atomic mass is 10.1. The van der Waals surface area contributed by atoms with E-state index < -0.39 is 8.03 Å². The maximum Gasteiger partial charge on any atom is 0.507 e. The zero-order valence-electron chi connectivity index (χ0n) is 8.21. The van der Waals surface area contributed by atoms with Crippen molar-refractivity contribution in [3.63, 3.8) is 0 Å². The molecular formula is C9H20O2P+. The maximum absolute atomic E-state index is 10.8. The van der Waals surface area contributed by atoms with Crippen LogP contribution in [0.15, 0.2) is 0 Å². The van der Waals surface area contributed by atoms with Gasteiger partial charge >= 0.3 is 8.03 Å². The Morgan fingerprint density at radius 1 is 1.08 bits per heavy atom. The van der Waals surface area contributed by atoms with Crippen LogP contribution in [-0.2, 0) is 9.09 Å². The fourth-order valence-corrected chi connectivity index (χ4v) is 1.78. The monoisotopic (exact) mass is 191 g/mol. The molecule has 0 N–H and O–H groups in total. The van der Waals surface area contributed by atoms with Crippen molar-refractivity contribution in [2.75, 3.05) is 13.3 Å². The summed E-state index contributed by atoms with van der Waals surface area (Å²) in [7, 11) is 0.157. The van der Waals surface area contributed by atoms with E-state index in [0.717, 1.165) is 12.6 Å². The summed E-state index contributed by atoms with van der Waals surface area (Å²) >= 11 is 0. The Morgan fingerprint density at radius 2 is 1.67 bits per heavy atom. The lowest BCUT2D eigenvalue weighted by Crippen LogP contribution is -1.82. The van der Waals surface area contributed by atoms with Crippen molar-refractivity contribution < 1.29 is 9.09 Å². The fourth-order valence-electron chi connectivity index (χ4n) is 1.11. The highest BCUT2D eigenvalue weighted by atomic mass is 31.1. The maximum atomic E-state index is 10.8. The van der Waals surface area contributed by atoms with Crippen LogP contribution in [0.1, 0.15) is 45.4 Å². The topological polar surface area (TPSA) is 26.3 Å². The highest BCUT2D eigenvalue weighted by Crippen LogP contribution is 2.22. The minimum absolute atomic E-state index is 0.734. The number of rotatable bonds is 8. The van der Waals surface area contributed by atoms with E-state index in [1.54, 1.807) is 0 Å². The van der Waals surface area contributed by atoms with Gasteiger partial charge in [-0.25, -0.2) is 0 Å². The lowest BCUT2D eigenvalue weighted by molar-refractivity contribution is 0.413. The first kappa shape index (κ1) is 12.1. The molecule has 2 nitrogen and oxygen atoms in total. The standard InChI is InChI=1S/C9H20O2P/c1-3-4-5-6-7-8-9-12(10)11-2/h3-9H2,1-2H3/q+1. The third-order valence-electron chi connectivity index (χ3n) is 1.90. The number of unbranched alkanes of at least 4 members (excludes halogenated alkanes) is 5. The van der Waals surface area contributed by atoms with Gasteiger partial charge in [0.2, 0.25) is 0 Å². The summed E-state index contributed by atoms with van der Waals surface area (Å²) < 4.78 is 15.5. The summed E-state index contributed by atoms with van der Waals surface area (Å²) in [6.45, 7) is 2.21. The van der Waals surface area contributed by atoms with Gasteiger partial charge in [-0.15, -0.1) is 4.52 Å². The summed E-state index contributed by atoms with van der Waals surface area (Å²) in [6.07, 6.45) is 8.19. The lowest BCUT2D eigenvalue weighted by Gasteiger charge is -1.94. The van der Waals surface area contributed by atoms with Gasteiger partial charge in [0.1, 0.15) is 0 Å². The van der Waals surface area contributed by atoms with E-state index in [-0.39, 0.29) is 0 Å². The van der Waals surface area contributed by atoms with Gasteiger partial charge in [0.05, 0.1) is 7.11 Å². The quantitative estimate of drug-likeness (QED) is 0.431. The minimum Gasteiger partial charge on any atom is -0.150 e. The van der Waals surface area contributed by atoms with Crippen LogP contribution in [0.4, 0.5) is 0 Å². The molecule has 3 heteroatoms. The molecule has 0 radical (unpaired) electrons. The van der Waals surface area contributed by atoms with E-state index in [1.807, 2.05) is 0 Å². The molecular weight excluding hydrogens is 171 g/mol. The smallest absolute Gasteiger partial charge is 0.150 e. The third-order valence-corrected chi connectivity index (χ3v) is 2.99. The predicted octanol–water partition coefficient (Wildman–Crippen LogP) is 3.74. The van der Waals surface area contributed by atoms with E-state index in [9.17, 15) is 4.57 Å². The molecule has 0 aromatic carbocycles. The minimum atomic E-state index is -1.35. The molecule has 0 spiro atoms. The highest BCUT2D eigenvalue weighted by molar-refractivity contribution is 7.39. The molecule has 0 rings (SSSR count). The van der Waals surface area contributed by atoms with Crippen molar-refractivity contribution in [3.05, 3.63) is 0 Å². The van der Waals surface area contributed by atoms with Gasteiger partial charge in [-0.3, -0.25) is 0 Å². The molecule has 1 unspecified atom stereocenters. The van der Waals surface area contributed by atoms with Crippen LogP contribution in [0.5, 0.6) is 0 Å². The second-order valence-corrected chi connectivity index (χ2v) is 4.48. The van der Waals surface area contributed by atoms with Crippen LogP contribution in [0, 0.1) is 0 Å². The number of hydrogen-bond acceptors (Lipinski definition) is 2. The Labute approximate surface area is 76.6 Å². The van der Waals surface area contributed by atoms with Gasteiger partial charge in [0.15, 0.2) is 6.16 Å². The summed E-state index contributed by atoms with van der Waals surface area (Å²) in [4.78, 5) is 0. The van der Waals surface area contributed by atoms with Crippen LogP contribution in [0.2, 0.25) is 0 Å². The zero-order valence-corrected chi connectivity index (χ0v) is 9.11. The molecule has 72 valence electrons. The van der Waals surface area contributed by atoms with E-state index in [1.165, 1.54) is 39.2 Å². The normalized spacial score (nSPS) is 11.7. The molecule has 0 saturated heterocycles. The van der Waals surface area contributed by atoms with Crippen LogP contribution < -0.4 is 0 Å². The molecule has 0 amide bonds. The van der Waals surface area contributed by atoms with E-state index in [2.05, 4.69) is 11.4 Å². The third kappa shape index (κ3) is 8.16. The van der Waals surface area contributed by atoms with E-state index >= 15 is 0 Å². The Hall–Kier alpha value is 0.0600. The number of hydrogen-bond donors (Lipinski definition) is 0. The van der Waals surface area contributed by atoms with Crippen LogP contribution in [-0.4, -0.2) is 13.3 Å². The van der Waals surface area contributed by atoms with Crippen molar-refractivity contribution in [2.24, 2.45) is 0 Å². The van der Waals surface area contributed by atoms with Crippen LogP contribution >= 0.6 is 8.03 Å². The Morgan fingerprint density at radius 3 is 2.25 bits per heavy atom. The van der Waals surface area contributed by atoms with Gasteiger partial charge in [-0.05, 0) is 17.4 Å². The second-order valence-electron chi connectivity index (χ2n) is 3.01. The van der Waals surface area contributed by atoms with Crippen molar-refractivity contribution in [3.8, 4) is 0 Å². The van der Waals surface area contributed by atoms with Crippen LogP contribution in [0.25, 0.3) is 0 Å². The zero-order chi connectivity index (χ0) is 9.23. The summed E-state index contributed by atoms with van der Waals surface area (Å²) in [5.41, 5.74) is 0. The van der Waals surface area contributed by atoms with Gasteiger partial charge < -0.3 is 0 Å². The van der Waals surface area contributed by atoms with Crippen molar-refractivity contribution in [1.82, 2.24) is 0 Å². The van der Waals surface area contributed by atoms with Gasteiger partial charge in [-0.2, -0.15) is 0 Å². The molecule has 0 bridgehead atoms. The van der Waals surface area contributed by atoms with Crippen LogP contribution in [0.3, 0.4) is 0 Å². The Bertz CT molecular complexity index is 115. The SMILES string of the molecule is CCCCCCCC[P+](=O)OC. The van der Waals surface area contributed by atoms with Crippen molar-refractivity contribution >= 4 is 8.03 Å². The molecule has 0 aromatic heterocycles. The molecule has 0 aromatic rings. The van der Waals surface area contributed by atoms with E-state index in [0.29, 0.717) is 0 Å². The molecule has 0 heterocycles. The molecule has 0 aliphatic carbocycles. The molecule has 0 saturated carbocycles. The predicted molar refractivity (Wildman–Crippen MR) is 52.9 cm³/mol.